The van der Waals surface area contributed by atoms with Crippen molar-refractivity contribution in [2.45, 2.75) is 0 Å². The van der Waals surface area contributed by atoms with Gasteiger partial charge in [0.15, 0.2) is 0 Å². The molecule has 0 fully saturated rings. The summed E-state index contributed by atoms with van der Waals surface area (Å²) in [5.41, 5.74) is 0. The van der Waals surface area contributed by atoms with Crippen molar-refractivity contribution in [1.29, 1.82) is 0 Å². The predicted molar refractivity (Wildman–Crippen MR) is 34.4 cm³/mol. The van der Waals surface area contributed by atoms with Gasteiger partial charge in [-0.15, -0.1) is 0 Å². The van der Waals surface area contributed by atoms with Crippen LogP contribution >= 0.6 is 0 Å². The largest absolute Gasteiger partial charge is 0.265 e. The zero-order valence-corrected chi connectivity index (χ0v) is 5.86. The molecule has 0 saturated heterocycles. The summed E-state index contributed by atoms with van der Waals surface area (Å²) < 4.78 is 0. The van der Waals surface area contributed by atoms with Gasteiger partial charge in [0.2, 0.25) is 0 Å². The van der Waals surface area contributed by atoms with Gasteiger partial charge in [0.25, 0.3) is 0 Å². The summed E-state index contributed by atoms with van der Waals surface area (Å²) in [7, 11) is 0. The predicted octanol–water partition coefficient (Wildman–Crippen LogP) is 1.76. The van der Waals surface area contributed by atoms with Crippen LogP contribution in [0.2, 0.25) is 0 Å². The molecule has 0 aromatic carbocycles. The SMILES string of the molecule is C=[CH][Cu].c1ccncc1. The fourth-order valence-corrected chi connectivity index (χ4v) is 0.313. The van der Waals surface area contributed by atoms with Crippen molar-refractivity contribution in [2.24, 2.45) is 0 Å². The van der Waals surface area contributed by atoms with Crippen LogP contribution in [-0.4, -0.2) is 4.98 Å². The van der Waals surface area contributed by atoms with Crippen molar-refractivity contribution in [1.82, 2.24) is 4.98 Å². The molecule has 1 heterocycles. The Labute approximate surface area is 63.6 Å². The Kier molecular flexibility index (Phi) is 6.92. The van der Waals surface area contributed by atoms with E-state index in [1.54, 1.807) is 12.4 Å². The molecule has 1 nitrogen and oxygen atoms in total. The molecule has 0 unspecified atom stereocenters. The van der Waals surface area contributed by atoms with Crippen molar-refractivity contribution < 1.29 is 16.0 Å². The fourth-order valence-electron chi connectivity index (χ4n) is 0.313. The van der Waals surface area contributed by atoms with Crippen molar-refractivity contribution >= 4 is 0 Å². The molecule has 1 aromatic rings. The molecule has 2 heteroatoms. The quantitative estimate of drug-likeness (QED) is 0.540. The average Bonchev–Trinajstić information content (AvgIpc) is 1.93. The van der Waals surface area contributed by atoms with Gasteiger partial charge in [-0.25, -0.2) is 0 Å². The number of nitrogens with zero attached hydrogens (tertiary/aromatic N) is 1. The molecule has 1 rings (SSSR count). The standard InChI is InChI=1S/C5H5N.C2H3.Cu/c1-2-4-6-5-3-1;1-2;/h1-5H;1H,2H2;. The molecule has 0 aliphatic heterocycles. The van der Waals surface area contributed by atoms with Gasteiger partial charge in [0.1, 0.15) is 0 Å². The fraction of sp³-hybridized carbons (Fsp3) is 0. The molecule has 52 valence electrons. The molecule has 0 aliphatic carbocycles. The molecule has 0 atom stereocenters. The maximum atomic E-state index is 4.27. The van der Waals surface area contributed by atoms with E-state index in [9.17, 15) is 0 Å². The molecule has 0 saturated carbocycles. The summed E-state index contributed by atoms with van der Waals surface area (Å²) in [6.07, 6.45) is 3.50. The third-order valence-corrected chi connectivity index (χ3v) is 0.566. The molecular weight excluding hydrogens is 162 g/mol. The van der Waals surface area contributed by atoms with Crippen LogP contribution in [0.25, 0.3) is 0 Å². The summed E-state index contributed by atoms with van der Waals surface area (Å²) in [4.78, 5) is 5.10. The zero-order valence-electron chi connectivity index (χ0n) is 4.92. The molecule has 0 bridgehead atoms. The zero-order chi connectivity index (χ0) is 6.95. The first-order valence-electron chi connectivity index (χ1n) is 2.43. The monoisotopic (exact) mass is 169 g/mol. The molecule has 1 aromatic heterocycles. The first kappa shape index (κ1) is 8.41. The smallest absolute Gasteiger partial charge is 0.0267 e. The molecule has 0 amide bonds. The summed E-state index contributed by atoms with van der Waals surface area (Å²) in [5, 5.41) is 0. The van der Waals surface area contributed by atoms with Gasteiger partial charge in [-0.3, -0.25) is 4.98 Å². The van der Waals surface area contributed by atoms with E-state index in [4.69, 9.17) is 0 Å². The Morgan fingerprint density at radius 3 is 1.78 bits per heavy atom. The molecule has 9 heavy (non-hydrogen) atoms. The Bertz CT molecular complexity index is 112. The molecule has 0 spiro atoms. The molecule has 0 aliphatic rings. The first-order valence-corrected chi connectivity index (χ1v) is 2.98. The maximum absolute atomic E-state index is 4.27. The van der Waals surface area contributed by atoms with Gasteiger partial charge in [0, 0.05) is 12.4 Å². The Balaban J connectivity index is 0.000000187. The number of rotatable bonds is 0. The van der Waals surface area contributed by atoms with E-state index in [0.29, 0.717) is 0 Å². The van der Waals surface area contributed by atoms with Crippen molar-refractivity contribution in [3.8, 4) is 0 Å². The van der Waals surface area contributed by atoms with Crippen molar-refractivity contribution in [3.05, 3.63) is 42.1 Å². The van der Waals surface area contributed by atoms with Crippen LogP contribution in [0.15, 0.2) is 42.1 Å². The molecule has 0 N–H and O–H groups in total. The Hall–Kier alpha value is -0.591. The summed E-state index contributed by atoms with van der Waals surface area (Å²) >= 11 is 4.27. The van der Waals surface area contributed by atoms with Crippen LogP contribution in [0.5, 0.6) is 0 Å². The second kappa shape index (κ2) is 7.41. The van der Waals surface area contributed by atoms with Crippen LogP contribution in [0.1, 0.15) is 0 Å². The second-order valence-corrected chi connectivity index (χ2v) is 1.53. The van der Waals surface area contributed by atoms with E-state index in [0.717, 1.165) is 0 Å². The van der Waals surface area contributed by atoms with E-state index in [-0.39, 0.29) is 0 Å². The number of aromatic nitrogens is 1. The van der Waals surface area contributed by atoms with E-state index in [1.807, 2.05) is 18.2 Å². The summed E-state index contributed by atoms with van der Waals surface area (Å²) in [6, 6.07) is 5.72. The van der Waals surface area contributed by atoms with Crippen LogP contribution in [0.3, 0.4) is 0 Å². The minimum Gasteiger partial charge on any atom is -0.265 e. The van der Waals surface area contributed by atoms with Gasteiger partial charge in [-0.2, -0.15) is 0 Å². The topological polar surface area (TPSA) is 12.9 Å². The van der Waals surface area contributed by atoms with Gasteiger partial charge in [-0.05, 0) is 12.1 Å². The van der Waals surface area contributed by atoms with E-state index >= 15 is 0 Å². The minimum atomic E-state index is 1.31. The third-order valence-electron chi connectivity index (χ3n) is 0.566. The Morgan fingerprint density at radius 1 is 1.22 bits per heavy atom. The number of hydrogen-bond acceptors (Lipinski definition) is 1. The van der Waals surface area contributed by atoms with Gasteiger partial charge >= 0.3 is 27.6 Å². The number of pyridine rings is 1. The molecule has 0 radical (unpaired) electrons. The third kappa shape index (κ3) is 7.41. The van der Waals surface area contributed by atoms with E-state index in [1.165, 1.54) is 4.97 Å². The van der Waals surface area contributed by atoms with Crippen molar-refractivity contribution in [3.63, 3.8) is 0 Å². The summed E-state index contributed by atoms with van der Waals surface area (Å²) in [5.74, 6) is 0. The second-order valence-electron chi connectivity index (χ2n) is 1.15. The summed E-state index contributed by atoms with van der Waals surface area (Å²) in [6.45, 7) is 3.17. The maximum Gasteiger partial charge on any atom is 0.0267 e. The van der Waals surface area contributed by atoms with Crippen LogP contribution in [0, 0.1) is 0 Å². The van der Waals surface area contributed by atoms with Crippen LogP contribution in [0.4, 0.5) is 0 Å². The first-order chi connectivity index (χ1) is 4.41. The van der Waals surface area contributed by atoms with Crippen LogP contribution in [-0.2, 0) is 16.0 Å². The van der Waals surface area contributed by atoms with E-state index < -0.39 is 0 Å². The van der Waals surface area contributed by atoms with Gasteiger partial charge < -0.3 is 0 Å². The van der Waals surface area contributed by atoms with Crippen molar-refractivity contribution in [2.75, 3.05) is 0 Å². The normalized spacial score (nSPS) is 6.89. The average molecular weight is 170 g/mol. The molecular formula is C7H8CuN. The Morgan fingerprint density at radius 2 is 1.67 bits per heavy atom. The number of hydrogen-bond donors (Lipinski definition) is 0. The van der Waals surface area contributed by atoms with E-state index in [2.05, 4.69) is 27.6 Å². The van der Waals surface area contributed by atoms with Gasteiger partial charge in [-0.1, -0.05) is 6.07 Å². The van der Waals surface area contributed by atoms with Crippen LogP contribution < -0.4 is 0 Å². The van der Waals surface area contributed by atoms with Gasteiger partial charge in [0.05, 0.1) is 0 Å². The minimum absolute atomic E-state index is 1.31.